The smallest absolute Gasteiger partial charge is 0.325 e. The van der Waals surface area contributed by atoms with E-state index in [1.807, 2.05) is 0 Å². The molecule has 1 atom stereocenters. The van der Waals surface area contributed by atoms with Gasteiger partial charge in [-0.25, -0.2) is 13.4 Å². The average Bonchev–Trinajstić information content (AvgIpc) is 2.43. The molecule has 0 aromatic carbocycles. The zero-order valence-electron chi connectivity index (χ0n) is 11.0. The summed E-state index contributed by atoms with van der Waals surface area (Å²) in [5, 5.41) is 7.22. The molecule has 1 rings (SSSR count). The Kier molecular flexibility index (Phi) is 5.49. The van der Waals surface area contributed by atoms with E-state index >= 15 is 0 Å². The van der Waals surface area contributed by atoms with E-state index in [0.29, 0.717) is 5.69 Å². The van der Waals surface area contributed by atoms with Gasteiger partial charge in [-0.2, -0.15) is 0 Å². The molecule has 0 radical (unpaired) electrons. The number of anilines is 1. The molecule has 0 aliphatic heterocycles. The van der Waals surface area contributed by atoms with Crippen molar-refractivity contribution in [3.05, 3.63) is 23.9 Å². The van der Waals surface area contributed by atoms with Crippen LogP contribution in [0.5, 0.6) is 0 Å². The standard InChI is InChI=1S/C12H14N2O5S/c1-9(12(16)19-2)20(17,18)14-11-7-3-5-10(13-11)6-4-8-15/h3,5,7,9,15H,8H2,1-2H3,(H,13,14). The number of hydrogen-bond donors (Lipinski definition) is 2. The van der Waals surface area contributed by atoms with Gasteiger partial charge in [0.1, 0.15) is 18.1 Å². The zero-order chi connectivity index (χ0) is 15.2. The molecule has 1 aromatic rings. The van der Waals surface area contributed by atoms with Gasteiger partial charge in [0, 0.05) is 0 Å². The second-order valence-corrected chi connectivity index (χ2v) is 5.68. The normalized spacial score (nSPS) is 11.9. The lowest BCUT2D eigenvalue weighted by Crippen LogP contribution is -2.33. The number of rotatable bonds is 4. The molecule has 1 aromatic heterocycles. The number of hydrogen-bond acceptors (Lipinski definition) is 6. The van der Waals surface area contributed by atoms with Crippen molar-refractivity contribution in [1.29, 1.82) is 0 Å². The molecule has 0 saturated heterocycles. The number of carbonyl (C=O) groups is 1. The largest absolute Gasteiger partial charge is 0.468 e. The fourth-order valence-corrected chi connectivity index (χ4v) is 2.15. The molecular weight excluding hydrogens is 284 g/mol. The maximum atomic E-state index is 11.9. The SMILES string of the molecule is COC(=O)C(C)S(=O)(=O)Nc1cccc(C#CCO)n1. The maximum Gasteiger partial charge on any atom is 0.325 e. The highest BCUT2D eigenvalue weighted by molar-refractivity contribution is 7.94. The van der Waals surface area contributed by atoms with E-state index in [9.17, 15) is 13.2 Å². The number of nitrogens with one attached hydrogen (secondary N) is 1. The molecule has 0 aliphatic carbocycles. The van der Waals surface area contributed by atoms with Crippen LogP contribution in [0.15, 0.2) is 18.2 Å². The number of esters is 1. The molecule has 0 amide bonds. The minimum Gasteiger partial charge on any atom is -0.468 e. The Balaban J connectivity index is 2.95. The Hall–Kier alpha value is -2.11. The van der Waals surface area contributed by atoms with Crippen LogP contribution in [-0.2, 0) is 19.6 Å². The van der Waals surface area contributed by atoms with Crippen molar-refractivity contribution in [3.8, 4) is 11.8 Å². The van der Waals surface area contributed by atoms with Crippen molar-refractivity contribution in [2.75, 3.05) is 18.4 Å². The summed E-state index contributed by atoms with van der Waals surface area (Å²) in [5.74, 6) is 4.11. The van der Waals surface area contributed by atoms with E-state index < -0.39 is 21.2 Å². The lowest BCUT2D eigenvalue weighted by molar-refractivity contribution is -0.139. The number of pyridine rings is 1. The zero-order valence-corrected chi connectivity index (χ0v) is 11.8. The highest BCUT2D eigenvalue weighted by Crippen LogP contribution is 2.10. The van der Waals surface area contributed by atoms with Crippen molar-refractivity contribution >= 4 is 21.8 Å². The first kappa shape index (κ1) is 15.9. The van der Waals surface area contributed by atoms with Crippen LogP contribution in [0, 0.1) is 11.8 Å². The third-order valence-electron chi connectivity index (χ3n) is 2.29. The lowest BCUT2D eigenvalue weighted by atomic mass is 10.3. The second kappa shape index (κ2) is 6.88. The number of aromatic nitrogens is 1. The number of aliphatic hydroxyl groups is 1. The van der Waals surface area contributed by atoms with Gasteiger partial charge in [0.05, 0.1) is 7.11 Å². The van der Waals surface area contributed by atoms with E-state index in [1.165, 1.54) is 13.0 Å². The van der Waals surface area contributed by atoms with Crippen molar-refractivity contribution in [1.82, 2.24) is 4.98 Å². The topological polar surface area (TPSA) is 106 Å². The molecule has 2 N–H and O–H groups in total. The molecule has 0 aliphatic rings. The Morgan fingerprint density at radius 1 is 1.55 bits per heavy atom. The molecule has 8 heteroatoms. The average molecular weight is 298 g/mol. The first-order valence-electron chi connectivity index (χ1n) is 5.57. The Morgan fingerprint density at radius 3 is 2.85 bits per heavy atom. The second-order valence-electron chi connectivity index (χ2n) is 3.68. The first-order chi connectivity index (χ1) is 9.40. The highest BCUT2D eigenvalue weighted by Gasteiger charge is 2.29. The summed E-state index contributed by atoms with van der Waals surface area (Å²) in [6.45, 7) is 0.889. The number of aliphatic hydroxyl groups excluding tert-OH is 1. The summed E-state index contributed by atoms with van der Waals surface area (Å²) in [7, 11) is -2.84. The van der Waals surface area contributed by atoms with E-state index in [1.54, 1.807) is 12.1 Å². The molecule has 20 heavy (non-hydrogen) atoms. The lowest BCUT2D eigenvalue weighted by Gasteiger charge is -2.12. The molecule has 0 spiro atoms. The van der Waals surface area contributed by atoms with Gasteiger partial charge in [-0.15, -0.1) is 0 Å². The maximum absolute atomic E-state index is 11.9. The fraction of sp³-hybridized carbons (Fsp3) is 0.333. The summed E-state index contributed by atoms with van der Waals surface area (Å²) >= 11 is 0. The van der Waals surface area contributed by atoms with Crippen LogP contribution in [0.3, 0.4) is 0 Å². The van der Waals surface area contributed by atoms with Gasteiger partial charge in [-0.05, 0) is 25.0 Å². The van der Waals surface area contributed by atoms with Crippen molar-refractivity contribution < 1.29 is 23.1 Å². The van der Waals surface area contributed by atoms with E-state index in [0.717, 1.165) is 7.11 Å². The quantitative estimate of drug-likeness (QED) is 0.585. The first-order valence-corrected chi connectivity index (χ1v) is 7.11. The van der Waals surface area contributed by atoms with Crippen molar-refractivity contribution in [3.63, 3.8) is 0 Å². The highest BCUT2D eigenvalue weighted by atomic mass is 32.2. The monoisotopic (exact) mass is 298 g/mol. The van der Waals surface area contributed by atoms with E-state index in [-0.39, 0.29) is 12.4 Å². The molecule has 1 unspecified atom stereocenters. The number of ether oxygens (including phenoxy) is 1. The van der Waals surface area contributed by atoms with Crippen molar-refractivity contribution in [2.45, 2.75) is 12.2 Å². The van der Waals surface area contributed by atoms with Gasteiger partial charge in [-0.1, -0.05) is 12.0 Å². The summed E-state index contributed by atoms with van der Waals surface area (Å²) in [6, 6.07) is 4.53. The summed E-state index contributed by atoms with van der Waals surface area (Å²) < 4.78 is 30.4. The molecule has 108 valence electrons. The summed E-state index contributed by atoms with van der Waals surface area (Å²) in [6.07, 6.45) is 0. The molecule has 1 heterocycles. The molecule has 7 nitrogen and oxygen atoms in total. The number of methoxy groups -OCH3 is 1. The third kappa shape index (κ3) is 4.22. The van der Waals surface area contributed by atoms with E-state index in [4.69, 9.17) is 5.11 Å². The fourth-order valence-electron chi connectivity index (χ4n) is 1.22. The van der Waals surface area contributed by atoms with Crippen LogP contribution in [0.2, 0.25) is 0 Å². The van der Waals surface area contributed by atoms with Gasteiger partial charge in [0.2, 0.25) is 10.0 Å². The molecule has 0 bridgehead atoms. The Bertz CT molecular complexity index is 645. The van der Waals surface area contributed by atoms with Crippen LogP contribution in [0.25, 0.3) is 0 Å². The molecule has 0 saturated carbocycles. The van der Waals surface area contributed by atoms with Gasteiger partial charge in [-0.3, -0.25) is 9.52 Å². The minimum atomic E-state index is -3.95. The van der Waals surface area contributed by atoms with Gasteiger partial charge >= 0.3 is 5.97 Å². The number of carbonyl (C=O) groups excluding carboxylic acids is 1. The van der Waals surface area contributed by atoms with Gasteiger partial charge in [0.25, 0.3) is 0 Å². The number of nitrogens with zero attached hydrogens (tertiary/aromatic N) is 1. The predicted octanol–water partition coefficient (Wildman–Crippen LogP) is -0.271. The van der Waals surface area contributed by atoms with Crippen LogP contribution >= 0.6 is 0 Å². The van der Waals surface area contributed by atoms with Crippen LogP contribution in [0.4, 0.5) is 5.82 Å². The van der Waals surface area contributed by atoms with Crippen LogP contribution in [-0.4, -0.2) is 43.4 Å². The van der Waals surface area contributed by atoms with Crippen LogP contribution < -0.4 is 4.72 Å². The van der Waals surface area contributed by atoms with Gasteiger partial charge in [0.15, 0.2) is 5.25 Å². The number of sulfonamides is 1. The van der Waals surface area contributed by atoms with E-state index in [2.05, 4.69) is 26.3 Å². The third-order valence-corrected chi connectivity index (χ3v) is 3.91. The Labute approximate surface area is 117 Å². The minimum absolute atomic E-state index is 0.0329. The van der Waals surface area contributed by atoms with Crippen LogP contribution in [0.1, 0.15) is 12.6 Å². The summed E-state index contributed by atoms with van der Waals surface area (Å²) in [4.78, 5) is 15.2. The predicted molar refractivity (Wildman–Crippen MR) is 72.2 cm³/mol. The summed E-state index contributed by atoms with van der Waals surface area (Å²) in [5.41, 5.74) is 0.296. The Morgan fingerprint density at radius 2 is 2.25 bits per heavy atom. The van der Waals surface area contributed by atoms with Gasteiger partial charge < -0.3 is 9.84 Å². The molecular formula is C12H14N2O5S. The molecule has 0 fully saturated rings. The van der Waals surface area contributed by atoms with Crippen molar-refractivity contribution in [2.24, 2.45) is 0 Å².